The van der Waals surface area contributed by atoms with Crippen molar-refractivity contribution in [2.45, 2.75) is 18.9 Å². The van der Waals surface area contributed by atoms with Crippen molar-refractivity contribution in [2.24, 2.45) is 5.73 Å². The van der Waals surface area contributed by atoms with Crippen molar-refractivity contribution in [1.82, 2.24) is 5.32 Å². The molecule has 1 rings (SSSR count). The molecule has 1 amide bonds. The molecule has 0 spiro atoms. The molecular formula is C13H18BrFN2O2. The maximum Gasteiger partial charge on any atom is 0.222 e. The normalized spacial score (nSPS) is 12.2. The molecule has 106 valence electrons. The van der Waals surface area contributed by atoms with E-state index in [0.717, 1.165) is 5.56 Å². The number of nitrogens with two attached hydrogens (primary N) is 1. The number of halogens is 2. The third-order valence-electron chi connectivity index (χ3n) is 2.73. The van der Waals surface area contributed by atoms with Gasteiger partial charge in [0.1, 0.15) is 5.82 Å². The first-order chi connectivity index (χ1) is 9.06. The first-order valence-electron chi connectivity index (χ1n) is 6.00. The molecule has 1 aromatic rings. The maximum atomic E-state index is 13.0. The van der Waals surface area contributed by atoms with E-state index in [1.165, 1.54) is 13.2 Å². The minimum atomic E-state index is -0.293. The van der Waals surface area contributed by atoms with Crippen molar-refractivity contribution in [2.75, 3.05) is 20.2 Å². The smallest absolute Gasteiger partial charge is 0.222 e. The van der Waals surface area contributed by atoms with Crippen LogP contribution in [0.25, 0.3) is 0 Å². The fraction of sp³-hybridized carbons (Fsp3) is 0.462. The summed E-state index contributed by atoms with van der Waals surface area (Å²) >= 11 is 3.13. The van der Waals surface area contributed by atoms with Crippen LogP contribution in [-0.2, 0) is 16.0 Å². The number of ether oxygens (including phenoxy) is 1. The molecule has 0 aliphatic carbocycles. The Morgan fingerprint density at radius 1 is 1.58 bits per heavy atom. The number of carbonyl (C=O) groups excluding carboxylic acids is 1. The lowest BCUT2D eigenvalue weighted by Crippen LogP contribution is -2.33. The summed E-state index contributed by atoms with van der Waals surface area (Å²) in [7, 11) is 1.53. The molecule has 3 N–H and O–H groups in total. The number of methoxy groups -OCH3 is 1. The quantitative estimate of drug-likeness (QED) is 0.797. The van der Waals surface area contributed by atoms with Crippen LogP contribution in [0.1, 0.15) is 12.0 Å². The van der Waals surface area contributed by atoms with Gasteiger partial charge in [-0.15, -0.1) is 0 Å². The number of hydrogen-bond donors (Lipinski definition) is 2. The van der Waals surface area contributed by atoms with Gasteiger partial charge in [-0.1, -0.05) is 6.07 Å². The lowest BCUT2D eigenvalue weighted by molar-refractivity contribution is -0.123. The van der Waals surface area contributed by atoms with Crippen molar-refractivity contribution in [3.63, 3.8) is 0 Å². The third-order valence-corrected chi connectivity index (χ3v) is 3.34. The molecule has 19 heavy (non-hydrogen) atoms. The molecule has 0 heterocycles. The fourth-order valence-electron chi connectivity index (χ4n) is 1.58. The largest absolute Gasteiger partial charge is 0.380 e. The average molecular weight is 333 g/mol. The van der Waals surface area contributed by atoms with E-state index in [-0.39, 0.29) is 24.2 Å². The molecule has 0 radical (unpaired) electrons. The lowest BCUT2D eigenvalue weighted by atomic mass is 10.1. The van der Waals surface area contributed by atoms with Crippen LogP contribution in [0.2, 0.25) is 0 Å². The molecule has 0 fully saturated rings. The Morgan fingerprint density at radius 3 is 2.89 bits per heavy atom. The standard InChI is InChI=1S/C13H18BrFN2O2/c1-19-10(8-16)7-13(18)17-5-4-9-2-3-12(15)11(14)6-9/h2-3,6,10H,4-5,7-8,16H2,1H3,(H,17,18). The van der Waals surface area contributed by atoms with Crippen LogP contribution < -0.4 is 11.1 Å². The molecule has 0 saturated carbocycles. The zero-order chi connectivity index (χ0) is 14.3. The van der Waals surface area contributed by atoms with E-state index in [0.29, 0.717) is 24.0 Å². The van der Waals surface area contributed by atoms with Gasteiger partial charge in [-0.2, -0.15) is 0 Å². The van der Waals surface area contributed by atoms with E-state index in [4.69, 9.17) is 10.5 Å². The molecule has 1 aromatic carbocycles. The van der Waals surface area contributed by atoms with Gasteiger partial charge in [-0.05, 0) is 40.0 Å². The number of hydrogen-bond acceptors (Lipinski definition) is 3. The van der Waals surface area contributed by atoms with E-state index >= 15 is 0 Å². The lowest BCUT2D eigenvalue weighted by Gasteiger charge is -2.12. The highest BCUT2D eigenvalue weighted by Crippen LogP contribution is 2.16. The summed E-state index contributed by atoms with van der Waals surface area (Å²) in [6.07, 6.45) is 0.644. The third kappa shape index (κ3) is 5.67. The van der Waals surface area contributed by atoms with Gasteiger partial charge in [0.05, 0.1) is 17.0 Å². The second kappa shape index (κ2) is 8.24. The molecule has 1 atom stereocenters. The molecular weight excluding hydrogens is 315 g/mol. The summed E-state index contributed by atoms with van der Waals surface area (Å²) < 4.78 is 18.5. The van der Waals surface area contributed by atoms with E-state index in [1.54, 1.807) is 12.1 Å². The summed E-state index contributed by atoms with van der Waals surface area (Å²) in [5.41, 5.74) is 6.39. The van der Waals surface area contributed by atoms with Gasteiger partial charge in [0, 0.05) is 20.2 Å². The molecule has 1 unspecified atom stereocenters. The van der Waals surface area contributed by atoms with Crippen LogP contribution in [-0.4, -0.2) is 32.2 Å². The Kier molecular flexibility index (Phi) is 6.97. The SMILES string of the molecule is COC(CN)CC(=O)NCCc1ccc(F)c(Br)c1. The summed E-state index contributed by atoms with van der Waals surface area (Å²) in [5.74, 6) is -0.392. The first kappa shape index (κ1) is 16.1. The number of carbonyl (C=O) groups is 1. The van der Waals surface area contributed by atoms with Crippen molar-refractivity contribution < 1.29 is 13.9 Å². The van der Waals surface area contributed by atoms with Gasteiger partial charge in [-0.3, -0.25) is 4.79 Å². The van der Waals surface area contributed by atoms with E-state index < -0.39 is 0 Å². The van der Waals surface area contributed by atoms with Gasteiger partial charge in [0.2, 0.25) is 5.91 Å². The zero-order valence-electron chi connectivity index (χ0n) is 10.8. The molecule has 6 heteroatoms. The molecule has 0 aromatic heterocycles. The van der Waals surface area contributed by atoms with Crippen molar-refractivity contribution >= 4 is 21.8 Å². The number of nitrogens with one attached hydrogen (secondary N) is 1. The Labute approximate surface area is 120 Å². The molecule has 0 aliphatic heterocycles. The molecule has 0 saturated heterocycles. The van der Waals surface area contributed by atoms with Crippen molar-refractivity contribution in [3.8, 4) is 0 Å². The van der Waals surface area contributed by atoms with Crippen LogP contribution in [0.3, 0.4) is 0 Å². The highest BCUT2D eigenvalue weighted by molar-refractivity contribution is 9.10. The average Bonchev–Trinajstić information content (AvgIpc) is 2.40. The van der Waals surface area contributed by atoms with Gasteiger partial charge >= 0.3 is 0 Å². The van der Waals surface area contributed by atoms with Crippen molar-refractivity contribution in [1.29, 1.82) is 0 Å². The van der Waals surface area contributed by atoms with Crippen molar-refractivity contribution in [3.05, 3.63) is 34.1 Å². The number of rotatable bonds is 7. The monoisotopic (exact) mass is 332 g/mol. The van der Waals surface area contributed by atoms with Gasteiger partial charge in [0.25, 0.3) is 0 Å². The highest BCUT2D eigenvalue weighted by Gasteiger charge is 2.10. The summed E-state index contributed by atoms with van der Waals surface area (Å²) in [5, 5.41) is 2.78. The fourth-order valence-corrected chi connectivity index (χ4v) is 2.01. The van der Waals surface area contributed by atoms with Gasteiger partial charge in [0.15, 0.2) is 0 Å². The van der Waals surface area contributed by atoms with Crippen LogP contribution in [0.5, 0.6) is 0 Å². The highest BCUT2D eigenvalue weighted by atomic mass is 79.9. The first-order valence-corrected chi connectivity index (χ1v) is 6.79. The van der Waals surface area contributed by atoms with E-state index in [1.807, 2.05) is 0 Å². The summed E-state index contributed by atoms with van der Waals surface area (Å²) in [6, 6.07) is 4.81. The Bertz CT molecular complexity index is 425. The molecule has 4 nitrogen and oxygen atoms in total. The molecule has 0 aliphatic rings. The topological polar surface area (TPSA) is 64.3 Å². The number of amides is 1. The van der Waals surface area contributed by atoms with Crippen LogP contribution in [0.4, 0.5) is 4.39 Å². The molecule has 0 bridgehead atoms. The Balaban J connectivity index is 2.33. The Hall–Kier alpha value is -0.980. The maximum absolute atomic E-state index is 13.0. The minimum absolute atomic E-state index is 0.0986. The zero-order valence-corrected chi connectivity index (χ0v) is 12.4. The van der Waals surface area contributed by atoms with Crippen LogP contribution >= 0.6 is 15.9 Å². The van der Waals surface area contributed by atoms with Crippen LogP contribution in [0, 0.1) is 5.82 Å². The van der Waals surface area contributed by atoms with E-state index in [9.17, 15) is 9.18 Å². The second-order valence-corrected chi connectivity index (χ2v) is 5.00. The van der Waals surface area contributed by atoms with Gasteiger partial charge < -0.3 is 15.8 Å². The number of benzene rings is 1. The predicted octanol–water partition coefficient (Wildman–Crippen LogP) is 1.61. The summed E-state index contributed by atoms with van der Waals surface area (Å²) in [6.45, 7) is 0.812. The Morgan fingerprint density at radius 2 is 2.32 bits per heavy atom. The minimum Gasteiger partial charge on any atom is -0.380 e. The predicted molar refractivity (Wildman–Crippen MR) is 75.3 cm³/mol. The van der Waals surface area contributed by atoms with E-state index in [2.05, 4.69) is 21.2 Å². The summed E-state index contributed by atoms with van der Waals surface area (Å²) in [4.78, 5) is 11.6. The second-order valence-electron chi connectivity index (χ2n) is 4.15. The van der Waals surface area contributed by atoms with Crippen LogP contribution in [0.15, 0.2) is 22.7 Å². The van der Waals surface area contributed by atoms with Gasteiger partial charge in [-0.25, -0.2) is 4.39 Å².